The van der Waals surface area contributed by atoms with Crippen molar-refractivity contribution in [1.82, 2.24) is 0 Å². The van der Waals surface area contributed by atoms with Crippen LogP contribution in [0, 0.1) is 10.8 Å². The van der Waals surface area contributed by atoms with Gasteiger partial charge in [0.25, 0.3) is 0 Å². The van der Waals surface area contributed by atoms with Crippen LogP contribution in [0.1, 0.15) is 41.0 Å². The highest BCUT2D eigenvalue weighted by molar-refractivity contribution is 5.86. The topological polar surface area (TPSA) is 403 Å². The molecule has 0 unspecified atom stereocenters. The van der Waals surface area contributed by atoms with Gasteiger partial charge in [0, 0.05) is 45.9 Å². The van der Waals surface area contributed by atoms with Gasteiger partial charge in [-0.25, -0.2) is 33.6 Å². The molecule has 0 fully saturated rings. The second kappa shape index (κ2) is 48.2. The third-order valence-electron chi connectivity index (χ3n) is 5.08. The summed E-state index contributed by atoms with van der Waals surface area (Å²) in [6.45, 7) is 27.0. The standard InChI is InChI=1S/C6H14O3.C5H12O4.4C4H6O2.3C3H4O2/c1-2-6(3-7,4-8)5-9;6-1-5(2-7,3-8)4-9;4*1-3(2)4(5)6;3*1-2-3(4)5/h7-9H,2-5H2,1H3;6-9H,1-4H2;4*1H2,2H3,(H,5,6);3*2H,1H2,(H,4,5). The fourth-order valence-electron chi connectivity index (χ4n) is 0.785. The van der Waals surface area contributed by atoms with Crippen LogP contribution in [0.25, 0.3) is 0 Å². The van der Waals surface area contributed by atoms with Crippen LogP contribution in [-0.4, -0.2) is 160 Å². The predicted octanol–water partition coefficient (Wildman–Crippen LogP) is 0.661. The van der Waals surface area contributed by atoms with E-state index >= 15 is 0 Å². The first-order chi connectivity index (χ1) is 25.9. The molecule has 0 radical (unpaired) electrons. The molecule has 0 rings (SSSR count). The summed E-state index contributed by atoms with van der Waals surface area (Å²) in [5.41, 5.74) is -1.07. The molecule has 0 atom stereocenters. The number of rotatable bonds is 15. The highest BCUT2D eigenvalue weighted by atomic mass is 16.4. The van der Waals surface area contributed by atoms with E-state index in [9.17, 15) is 33.6 Å². The van der Waals surface area contributed by atoms with Crippen LogP contribution in [0.3, 0.4) is 0 Å². The Labute approximate surface area is 331 Å². The molecule has 0 aromatic carbocycles. The predicted molar refractivity (Wildman–Crippen MR) is 208 cm³/mol. The highest BCUT2D eigenvalue weighted by Crippen LogP contribution is 2.18. The van der Waals surface area contributed by atoms with E-state index in [0.717, 1.165) is 18.2 Å². The Morgan fingerprint density at radius 2 is 0.491 bits per heavy atom. The fraction of sp³-hybridized carbons (Fsp3) is 0.417. The van der Waals surface area contributed by atoms with Gasteiger partial charge in [0.05, 0.1) is 51.7 Å². The van der Waals surface area contributed by atoms with Crippen molar-refractivity contribution in [2.24, 2.45) is 10.8 Å². The molecule has 0 aromatic heterocycles. The van der Waals surface area contributed by atoms with Crippen molar-refractivity contribution in [3.63, 3.8) is 0 Å². The number of hydrogen-bond acceptors (Lipinski definition) is 14. The Bertz CT molecular complexity index is 999. The summed E-state index contributed by atoms with van der Waals surface area (Å²) in [7, 11) is 0. The van der Waals surface area contributed by atoms with Crippen LogP contribution < -0.4 is 0 Å². The van der Waals surface area contributed by atoms with E-state index in [4.69, 9.17) is 71.5 Å². The number of carboxylic acid groups (broad SMARTS) is 7. The molecule has 0 saturated carbocycles. The monoisotopic (exact) mass is 830 g/mol. The highest BCUT2D eigenvalue weighted by Gasteiger charge is 2.26. The summed E-state index contributed by atoms with van der Waals surface area (Å²) in [6, 6.07) is 0. The second-order valence-corrected chi connectivity index (χ2v) is 10.4. The first-order valence-corrected chi connectivity index (χ1v) is 15.2. The Kier molecular flexibility index (Phi) is 61.3. The van der Waals surface area contributed by atoms with E-state index in [2.05, 4.69) is 46.1 Å². The molecule has 57 heavy (non-hydrogen) atoms. The molecule has 0 amide bonds. The fourth-order valence-corrected chi connectivity index (χ4v) is 0.785. The van der Waals surface area contributed by atoms with Crippen LogP contribution in [0.15, 0.2) is 86.6 Å². The Morgan fingerprint density at radius 1 is 0.386 bits per heavy atom. The molecule has 0 spiro atoms. The van der Waals surface area contributed by atoms with Crippen molar-refractivity contribution in [2.75, 3.05) is 46.2 Å². The number of aliphatic carboxylic acids is 7. The number of hydrogen-bond donors (Lipinski definition) is 14. The first kappa shape index (κ1) is 72.4. The quantitative estimate of drug-likeness (QED) is 0.101. The minimum atomic E-state index is -1.11. The summed E-state index contributed by atoms with van der Waals surface area (Å²) in [4.78, 5) is 66.1. The molecule has 0 aliphatic carbocycles. The van der Waals surface area contributed by atoms with Gasteiger partial charge in [-0.2, -0.15) is 0 Å². The van der Waals surface area contributed by atoms with Gasteiger partial charge in [0.1, 0.15) is 0 Å². The van der Waals surface area contributed by atoms with E-state index < -0.39 is 79.0 Å². The van der Waals surface area contributed by atoms with Gasteiger partial charge in [0.2, 0.25) is 0 Å². The zero-order chi connectivity index (χ0) is 48.1. The lowest BCUT2D eigenvalue weighted by Gasteiger charge is -2.24. The lowest BCUT2D eigenvalue weighted by Crippen LogP contribution is -2.37. The number of aliphatic hydroxyl groups excluding tert-OH is 7. The van der Waals surface area contributed by atoms with Crippen LogP contribution in [0.5, 0.6) is 0 Å². The SMILES string of the molecule is C=C(C)C(=O)O.C=C(C)C(=O)O.C=C(C)C(=O)O.C=C(C)C(=O)O.C=CC(=O)O.C=CC(=O)O.C=CC(=O)O.CCC(CO)(CO)CO.OCC(CO)(CO)CO. The van der Waals surface area contributed by atoms with E-state index in [0.29, 0.717) is 6.42 Å². The zero-order valence-electron chi connectivity index (χ0n) is 33.0. The minimum absolute atomic E-state index is 0.156. The van der Waals surface area contributed by atoms with Gasteiger partial charge >= 0.3 is 41.8 Å². The van der Waals surface area contributed by atoms with Crippen molar-refractivity contribution < 1.29 is 105 Å². The number of carboxylic acids is 7. The Morgan fingerprint density at radius 3 is 0.491 bits per heavy atom. The van der Waals surface area contributed by atoms with Gasteiger partial charge in [-0.1, -0.05) is 53.0 Å². The van der Waals surface area contributed by atoms with E-state index in [1.807, 2.05) is 6.92 Å². The van der Waals surface area contributed by atoms with Gasteiger partial charge in [-0.05, 0) is 34.1 Å². The molecule has 21 heteroatoms. The van der Waals surface area contributed by atoms with E-state index in [-0.39, 0.29) is 42.1 Å². The molecule has 0 saturated heterocycles. The van der Waals surface area contributed by atoms with Crippen LogP contribution in [0.4, 0.5) is 0 Å². The van der Waals surface area contributed by atoms with E-state index in [1.165, 1.54) is 27.7 Å². The van der Waals surface area contributed by atoms with Crippen molar-refractivity contribution in [3.05, 3.63) is 86.6 Å². The summed E-state index contributed by atoms with van der Waals surface area (Å²) in [5, 5.41) is 114. The van der Waals surface area contributed by atoms with Crippen molar-refractivity contribution >= 4 is 41.8 Å². The Balaban J connectivity index is -0.0000000656. The van der Waals surface area contributed by atoms with Crippen LogP contribution >= 0.6 is 0 Å². The number of aliphatic hydroxyl groups is 7. The smallest absolute Gasteiger partial charge is 0.330 e. The molecule has 0 aliphatic rings. The van der Waals surface area contributed by atoms with E-state index in [1.54, 1.807) is 0 Å². The maximum absolute atomic E-state index is 9.60. The average Bonchev–Trinajstić information content (AvgIpc) is 3.15. The van der Waals surface area contributed by atoms with Gasteiger partial charge < -0.3 is 71.5 Å². The summed E-state index contributed by atoms with van der Waals surface area (Å²) < 4.78 is 0. The molecule has 332 valence electrons. The third kappa shape index (κ3) is 72.2. The van der Waals surface area contributed by atoms with Crippen molar-refractivity contribution in [1.29, 1.82) is 0 Å². The molecular weight excluding hydrogens is 768 g/mol. The van der Waals surface area contributed by atoms with Crippen molar-refractivity contribution in [3.8, 4) is 0 Å². The van der Waals surface area contributed by atoms with Crippen LogP contribution in [0.2, 0.25) is 0 Å². The summed E-state index contributed by atoms with van der Waals surface area (Å²) in [5.74, 6) is -6.69. The molecule has 14 N–H and O–H groups in total. The number of carbonyl (C=O) groups is 7. The third-order valence-corrected chi connectivity index (χ3v) is 5.08. The summed E-state index contributed by atoms with van der Waals surface area (Å²) >= 11 is 0. The second-order valence-electron chi connectivity index (χ2n) is 10.4. The lowest BCUT2D eigenvalue weighted by atomic mass is 9.88. The lowest BCUT2D eigenvalue weighted by molar-refractivity contribution is -0.133. The first-order valence-electron chi connectivity index (χ1n) is 15.2. The maximum Gasteiger partial charge on any atom is 0.330 e. The molecule has 0 aliphatic heterocycles. The average molecular weight is 831 g/mol. The van der Waals surface area contributed by atoms with Crippen molar-refractivity contribution in [2.45, 2.75) is 41.0 Å². The largest absolute Gasteiger partial charge is 0.478 e. The van der Waals surface area contributed by atoms with Gasteiger partial charge in [-0.15, -0.1) is 0 Å². The zero-order valence-corrected chi connectivity index (χ0v) is 33.0. The summed E-state index contributed by atoms with van der Waals surface area (Å²) in [6.07, 6.45) is 3.09. The molecule has 21 nitrogen and oxygen atoms in total. The minimum Gasteiger partial charge on any atom is -0.478 e. The van der Waals surface area contributed by atoms with Crippen LogP contribution in [-0.2, 0) is 33.6 Å². The van der Waals surface area contributed by atoms with Gasteiger partial charge in [0.15, 0.2) is 0 Å². The van der Waals surface area contributed by atoms with Gasteiger partial charge in [-0.3, -0.25) is 0 Å². The normalized spacial score (nSPS) is 8.63. The molecule has 0 aromatic rings. The molecule has 0 heterocycles. The molecule has 0 bridgehead atoms. The molecular formula is C36H62O21. The maximum atomic E-state index is 9.60. The Hall–Kier alpha value is -5.81.